The summed E-state index contributed by atoms with van der Waals surface area (Å²) in [5, 5.41) is 3.41. The van der Waals surface area contributed by atoms with Crippen molar-refractivity contribution in [2.24, 2.45) is 4.99 Å². The lowest BCUT2D eigenvalue weighted by molar-refractivity contribution is -0.313. The highest BCUT2D eigenvalue weighted by Gasteiger charge is 2.50. The van der Waals surface area contributed by atoms with Crippen LogP contribution in [0.25, 0.3) is 0 Å². The summed E-state index contributed by atoms with van der Waals surface area (Å²) in [7, 11) is 0. The van der Waals surface area contributed by atoms with E-state index in [1.165, 1.54) is 0 Å². The number of ether oxygens (including phenoxy) is 6. The molecule has 1 heterocycles. The van der Waals surface area contributed by atoms with Gasteiger partial charge in [0.1, 0.15) is 24.4 Å². The minimum Gasteiger partial charge on any atom is -0.432 e. The van der Waals surface area contributed by atoms with E-state index in [4.69, 9.17) is 33.4 Å². The molecule has 1 saturated heterocycles. The van der Waals surface area contributed by atoms with Crippen molar-refractivity contribution in [2.75, 3.05) is 11.9 Å². The molecule has 0 aliphatic carbocycles. The molecule has 0 unspecified atom stereocenters. The molecular formula is C49H50N2O6. The van der Waals surface area contributed by atoms with Gasteiger partial charge in [0.2, 0.25) is 6.29 Å². The highest BCUT2D eigenvalue weighted by Crippen LogP contribution is 2.32. The van der Waals surface area contributed by atoms with E-state index in [0.717, 1.165) is 44.8 Å². The van der Waals surface area contributed by atoms with Gasteiger partial charge in [0, 0.05) is 5.69 Å². The molecule has 7 rings (SSSR count). The largest absolute Gasteiger partial charge is 0.432 e. The average Bonchev–Trinajstić information content (AvgIpc) is 3.25. The van der Waals surface area contributed by atoms with Crippen LogP contribution in [0, 0.1) is 13.8 Å². The Morgan fingerprint density at radius 3 is 1.46 bits per heavy atom. The van der Waals surface area contributed by atoms with Crippen LogP contribution in [0.5, 0.6) is 0 Å². The summed E-state index contributed by atoms with van der Waals surface area (Å²) < 4.78 is 40.8. The monoisotopic (exact) mass is 762 g/mol. The molecule has 1 aliphatic heterocycles. The summed E-state index contributed by atoms with van der Waals surface area (Å²) in [6, 6.07) is 56.6. The van der Waals surface area contributed by atoms with Crippen LogP contribution in [0.2, 0.25) is 0 Å². The van der Waals surface area contributed by atoms with Crippen molar-refractivity contribution in [3.05, 3.63) is 203 Å². The molecule has 6 aromatic rings. The molecule has 0 radical (unpaired) electrons. The molecule has 0 bridgehead atoms. The summed E-state index contributed by atoms with van der Waals surface area (Å²) >= 11 is 0. The smallest absolute Gasteiger partial charge is 0.296 e. The standard InChI is InChI=1S/C49H50N2O6/c1-36-23-27-42(28-24-36)50-49(51-43-29-25-37(2)26-30-43)57-48-47(55-34-41-21-13-6-14-22-41)46(54-33-40-19-11-5-12-20-40)45(53-32-39-17-9-4-10-18-39)44(56-48)35-52-31-38-15-7-3-8-16-38/h3-30,44-48H,31-35H2,1-2H3,(H,50,51)/t44-,45-,46+,47-,48-/m1/s1. The average molecular weight is 763 g/mol. The first kappa shape index (κ1) is 39.6. The summed E-state index contributed by atoms with van der Waals surface area (Å²) in [5.74, 6) is 0. The Labute approximate surface area is 336 Å². The third-order valence-electron chi connectivity index (χ3n) is 9.64. The normalized spacial score (nSPS) is 19.5. The molecule has 8 heteroatoms. The van der Waals surface area contributed by atoms with Gasteiger partial charge < -0.3 is 33.7 Å². The van der Waals surface area contributed by atoms with Crippen molar-refractivity contribution in [3.63, 3.8) is 0 Å². The van der Waals surface area contributed by atoms with Gasteiger partial charge in [-0.3, -0.25) is 0 Å². The van der Waals surface area contributed by atoms with Crippen LogP contribution >= 0.6 is 0 Å². The first-order chi connectivity index (χ1) is 28.1. The Morgan fingerprint density at radius 1 is 0.509 bits per heavy atom. The summed E-state index contributed by atoms with van der Waals surface area (Å²) in [4.78, 5) is 4.95. The number of rotatable bonds is 16. The zero-order chi connectivity index (χ0) is 39.1. The Hall–Kier alpha value is -5.61. The fourth-order valence-electron chi connectivity index (χ4n) is 6.53. The lowest BCUT2D eigenvalue weighted by Crippen LogP contribution is -2.62. The Morgan fingerprint density at radius 2 is 0.947 bits per heavy atom. The number of hydrogen-bond acceptors (Lipinski definition) is 7. The molecule has 292 valence electrons. The predicted molar refractivity (Wildman–Crippen MR) is 224 cm³/mol. The van der Waals surface area contributed by atoms with Crippen molar-refractivity contribution < 1.29 is 28.4 Å². The second-order valence-electron chi connectivity index (χ2n) is 14.2. The number of nitrogens with zero attached hydrogens (tertiary/aromatic N) is 1. The fourth-order valence-corrected chi connectivity index (χ4v) is 6.53. The van der Waals surface area contributed by atoms with Gasteiger partial charge in [0.25, 0.3) is 6.02 Å². The van der Waals surface area contributed by atoms with Crippen LogP contribution in [0.4, 0.5) is 11.4 Å². The van der Waals surface area contributed by atoms with Gasteiger partial charge in [-0.15, -0.1) is 0 Å². The zero-order valence-electron chi connectivity index (χ0n) is 32.5. The third kappa shape index (κ3) is 11.9. The second-order valence-corrected chi connectivity index (χ2v) is 14.2. The number of amidine groups is 1. The van der Waals surface area contributed by atoms with Crippen LogP contribution in [-0.4, -0.2) is 43.3 Å². The molecule has 5 atom stereocenters. The summed E-state index contributed by atoms with van der Waals surface area (Å²) in [6.45, 7) is 5.65. The van der Waals surface area contributed by atoms with Gasteiger partial charge in [-0.25, -0.2) is 0 Å². The van der Waals surface area contributed by atoms with Gasteiger partial charge in [0.05, 0.1) is 38.7 Å². The van der Waals surface area contributed by atoms with Crippen LogP contribution < -0.4 is 5.32 Å². The highest BCUT2D eigenvalue weighted by molar-refractivity contribution is 5.91. The summed E-state index contributed by atoms with van der Waals surface area (Å²) in [6.07, 6.45) is -3.61. The molecule has 0 aromatic heterocycles. The van der Waals surface area contributed by atoms with E-state index < -0.39 is 30.7 Å². The van der Waals surface area contributed by atoms with E-state index in [0.29, 0.717) is 19.8 Å². The van der Waals surface area contributed by atoms with E-state index in [2.05, 4.69) is 12.2 Å². The minimum atomic E-state index is -0.987. The van der Waals surface area contributed by atoms with E-state index in [-0.39, 0.29) is 19.2 Å². The fraction of sp³-hybridized carbons (Fsp3) is 0.245. The maximum Gasteiger partial charge on any atom is 0.296 e. The third-order valence-corrected chi connectivity index (χ3v) is 9.64. The maximum absolute atomic E-state index is 6.95. The zero-order valence-corrected chi connectivity index (χ0v) is 32.5. The maximum atomic E-state index is 6.95. The molecular weight excluding hydrogens is 713 g/mol. The SMILES string of the molecule is Cc1ccc(N=C(Nc2ccc(C)cc2)O[C@H]2O[C@H](COCc3ccccc3)[C@@H](OCc3ccccc3)[C@H](OCc3ccccc3)[C@H]2OCc2ccccc2)cc1. The molecule has 57 heavy (non-hydrogen) atoms. The number of benzene rings is 6. The molecule has 8 nitrogen and oxygen atoms in total. The minimum absolute atomic E-state index is 0.209. The summed E-state index contributed by atoms with van der Waals surface area (Å²) in [5.41, 5.74) is 7.90. The number of hydrogen-bond donors (Lipinski definition) is 1. The number of anilines is 1. The van der Waals surface area contributed by atoms with Gasteiger partial charge in [0.15, 0.2) is 0 Å². The lowest BCUT2D eigenvalue weighted by Gasteiger charge is -2.45. The molecule has 0 amide bonds. The van der Waals surface area contributed by atoms with E-state index in [9.17, 15) is 0 Å². The van der Waals surface area contributed by atoms with E-state index >= 15 is 0 Å². The molecule has 0 spiro atoms. The second kappa shape index (κ2) is 20.5. The Kier molecular flexibility index (Phi) is 14.3. The van der Waals surface area contributed by atoms with Crippen molar-refractivity contribution in [1.29, 1.82) is 0 Å². The Bertz CT molecular complexity index is 2080. The Balaban J connectivity index is 1.26. The van der Waals surface area contributed by atoms with Crippen molar-refractivity contribution in [3.8, 4) is 0 Å². The van der Waals surface area contributed by atoms with Crippen molar-refractivity contribution >= 4 is 17.4 Å². The lowest BCUT2D eigenvalue weighted by atomic mass is 9.97. The van der Waals surface area contributed by atoms with E-state index in [1.807, 2.05) is 177 Å². The van der Waals surface area contributed by atoms with Crippen LogP contribution in [0.15, 0.2) is 175 Å². The van der Waals surface area contributed by atoms with Gasteiger partial charge in [-0.1, -0.05) is 157 Å². The topological polar surface area (TPSA) is 79.8 Å². The van der Waals surface area contributed by atoms with Crippen molar-refractivity contribution in [2.45, 2.75) is 71.0 Å². The van der Waals surface area contributed by atoms with Crippen LogP contribution in [0.3, 0.4) is 0 Å². The molecule has 6 aromatic carbocycles. The number of aryl methyl sites for hydroxylation is 2. The number of nitrogens with one attached hydrogen (secondary N) is 1. The van der Waals surface area contributed by atoms with Gasteiger partial charge >= 0.3 is 0 Å². The highest BCUT2D eigenvalue weighted by atomic mass is 16.7. The predicted octanol–water partition coefficient (Wildman–Crippen LogP) is 10.1. The van der Waals surface area contributed by atoms with Crippen LogP contribution in [0.1, 0.15) is 33.4 Å². The van der Waals surface area contributed by atoms with E-state index in [1.54, 1.807) is 0 Å². The quantitative estimate of drug-likeness (QED) is 0.0777. The number of aliphatic imine (C=N–C) groups is 1. The molecule has 1 fully saturated rings. The van der Waals surface area contributed by atoms with Gasteiger partial charge in [-0.05, 0) is 60.4 Å². The molecule has 0 saturated carbocycles. The van der Waals surface area contributed by atoms with Crippen LogP contribution in [-0.2, 0) is 54.8 Å². The first-order valence-corrected chi connectivity index (χ1v) is 19.5. The van der Waals surface area contributed by atoms with Gasteiger partial charge in [-0.2, -0.15) is 4.99 Å². The molecule has 1 aliphatic rings. The first-order valence-electron chi connectivity index (χ1n) is 19.5. The van der Waals surface area contributed by atoms with Crippen molar-refractivity contribution in [1.82, 2.24) is 0 Å². The molecule has 1 N–H and O–H groups in total.